The average Bonchev–Trinajstić information content (AvgIpc) is 2.53. The van der Waals surface area contributed by atoms with Gasteiger partial charge in [-0.25, -0.2) is 0 Å². The summed E-state index contributed by atoms with van der Waals surface area (Å²) in [5.74, 6) is 0.209. The molecular weight excluding hydrogens is 284 g/mol. The van der Waals surface area contributed by atoms with E-state index in [1.54, 1.807) is 0 Å². The number of piperidine rings is 1. The third-order valence-electron chi connectivity index (χ3n) is 5.46. The number of rotatable bonds is 6. The van der Waals surface area contributed by atoms with E-state index >= 15 is 0 Å². The van der Waals surface area contributed by atoms with Gasteiger partial charge in [0.15, 0.2) is 6.04 Å². The Bertz CT molecular complexity index is 507. The van der Waals surface area contributed by atoms with Crippen LogP contribution in [0.25, 0.3) is 0 Å². The molecule has 0 aliphatic carbocycles. The minimum atomic E-state index is 0.0780. The van der Waals surface area contributed by atoms with Crippen molar-refractivity contribution in [2.24, 2.45) is 0 Å². The SMILES string of the molecule is CCC[N+]1(C(CC)C(=O)Nc2c(C)cccc2C)CCCCC1. The summed E-state index contributed by atoms with van der Waals surface area (Å²) < 4.78 is 0.990. The molecule has 3 nitrogen and oxygen atoms in total. The van der Waals surface area contributed by atoms with Gasteiger partial charge in [-0.3, -0.25) is 4.79 Å². The Hall–Kier alpha value is -1.35. The second-order valence-corrected chi connectivity index (χ2v) is 7.13. The molecule has 0 saturated carbocycles. The molecule has 1 amide bonds. The van der Waals surface area contributed by atoms with Crippen molar-refractivity contribution in [3.8, 4) is 0 Å². The number of amides is 1. The van der Waals surface area contributed by atoms with Crippen LogP contribution in [0.5, 0.6) is 0 Å². The number of para-hydroxylation sites is 1. The lowest BCUT2D eigenvalue weighted by Crippen LogP contribution is -2.62. The highest BCUT2D eigenvalue weighted by Gasteiger charge is 2.41. The Labute approximate surface area is 141 Å². The number of anilines is 1. The molecule has 1 aromatic rings. The normalized spacial score (nSPS) is 18.4. The highest BCUT2D eigenvalue weighted by atomic mass is 16.2. The van der Waals surface area contributed by atoms with Crippen molar-refractivity contribution in [1.29, 1.82) is 0 Å². The largest absolute Gasteiger partial charge is 0.320 e. The molecule has 1 fully saturated rings. The first kappa shape index (κ1) is 18.0. The average molecular weight is 317 g/mol. The van der Waals surface area contributed by atoms with Crippen molar-refractivity contribution in [3.05, 3.63) is 29.3 Å². The Morgan fingerprint density at radius 2 is 1.74 bits per heavy atom. The lowest BCUT2D eigenvalue weighted by atomic mass is 9.99. The van der Waals surface area contributed by atoms with Crippen molar-refractivity contribution in [1.82, 2.24) is 0 Å². The highest BCUT2D eigenvalue weighted by molar-refractivity contribution is 5.95. The van der Waals surface area contributed by atoms with Gasteiger partial charge >= 0.3 is 0 Å². The molecule has 1 N–H and O–H groups in total. The van der Waals surface area contributed by atoms with Gasteiger partial charge in [-0.2, -0.15) is 0 Å². The van der Waals surface area contributed by atoms with Crippen LogP contribution in [-0.2, 0) is 4.79 Å². The van der Waals surface area contributed by atoms with Gasteiger partial charge in [-0.1, -0.05) is 32.0 Å². The molecule has 0 radical (unpaired) electrons. The van der Waals surface area contributed by atoms with Gasteiger partial charge in [-0.15, -0.1) is 0 Å². The van der Waals surface area contributed by atoms with Crippen LogP contribution < -0.4 is 5.32 Å². The van der Waals surface area contributed by atoms with Crippen molar-refractivity contribution >= 4 is 11.6 Å². The van der Waals surface area contributed by atoms with E-state index in [4.69, 9.17) is 0 Å². The summed E-state index contributed by atoms with van der Waals surface area (Å²) in [5, 5.41) is 3.26. The Morgan fingerprint density at radius 3 is 2.26 bits per heavy atom. The van der Waals surface area contributed by atoms with E-state index in [-0.39, 0.29) is 11.9 Å². The predicted octanol–water partition coefficient (Wildman–Crippen LogP) is 4.43. The lowest BCUT2D eigenvalue weighted by Gasteiger charge is -2.46. The lowest BCUT2D eigenvalue weighted by molar-refractivity contribution is -0.946. The Balaban J connectivity index is 2.23. The molecule has 2 rings (SSSR count). The molecule has 1 unspecified atom stereocenters. The first-order valence-corrected chi connectivity index (χ1v) is 9.27. The van der Waals surface area contributed by atoms with E-state index in [0.717, 1.165) is 53.8 Å². The summed E-state index contributed by atoms with van der Waals surface area (Å²) in [6.45, 7) is 12.0. The minimum absolute atomic E-state index is 0.0780. The van der Waals surface area contributed by atoms with Gasteiger partial charge in [0.1, 0.15) is 0 Å². The topological polar surface area (TPSA) is 29.1 Å². The van der Waals surface area contributed by atoms with E-state index in [9.17, 15) is 4.79 Å². The van der Waals surface area contributed by atoms with Crippen LogP contribution in [0.2, 0.25) is 0 Å². The number of nitrogens with one attached hydrogen (secondary N) is 1. The molecule has 128 valence electrons. The summed E-state index contributed by atoms with van der Waals surface area (Å²) in [5.41, 5.74) is 3.30. The van der Waals surface area contributed by atoms with E-state index in [1.165, 1.54) is 19.3 Å². The van der Waals surface area contributed by atoms with Crippen LogP contribution in [0.1, 0.15) is 57.1 Å². The molecule has 0 spiro atoms. The first-order valence-electron chi connectivity index (χ1n) is 9.27. The zero-order chi connectivity index (χ0) is 16.9. The number of likely N-dealkylation sites (tertiary alicyclic amines) is 1. The highest BCUT2D eigenvalue weighted by Crippen LogP contribution is 2.27. The number of hydrogen-bond acceptors (Lipinski definition) is 1. The van der Waals surface area contributed by atoms with Crippen LogP contribution in [-0.4, -0.2) is 36.1 Å². The van der Waals surface area contributed by atoms with Gasteiger partial charge < -0.3 is 9.80 Å². The number of carbonyl (C=O) groups is 1. The number of hydrogen-bond donors (Lipinski definition) is 1. The number of quaternary nitrogens is 1. The molecule has 23 heavy (non-hydrogen) atoms. The standard InChI is InChI=1S/C20H32N2O/c1-5-13-22(14-8-7-9-15-22)18(6-2)20(23)21-19-16(3)11-10-12-17(19)4/h10-12,18H,5-9,13-15H2,1-4H3/p+1. The zero-order valence-electron chi connectivity index (χ0n) is 15.3. The molecular formula is C20H33N2O+. The summed E-state index contributed by atoms with van der Waals surface area (Å²) in [4.78, 5) is 13.1. The third-order valence-corrected chi connectivity index (χ3v) is 5.46. The quantitative estimate of drug-likeness (QED) is 0.773. The van der Waals surface area contributed by atoms with Gasteiger partial charge in [0.2, 0.25) is 0 Å². The fraction of sp³-hybridized carbons (Fsp3) is 0.650. The maximum absolute atomic E-state index is 13.1. The summed E-state index contributed by atoms with van der Waals surface area (Å²) >= 11 is 0. The Kier molecular flexibility index (Phi) is 6.23. The number of benzene rings is 1. The second kappa shape index (κ2) is 7.96. The fourth-order valence-electron chi connectivity index (χ4n) is 4.32. The van der Waals surface area contributed by atoms with E-state index in [2.05, 4.69) is 45.1 Å². The van der Waals surface area contributed by atoms with E-state index in [1.807, 2.05) is 6.07 Å². The molecule has 1 saturated heterocycles. The maximum atomic E-state index is 13.1. The van der Waals surface area contributed by atoms with Crippen molar-refractivity contribution in [2.45, 2.75) is 65.8 Å². The smallest absolute Gasteiger partial charge is 0.282 e. The molecule has 3 heteroatoms. The van der Waals surface area contributed by atoms with Crippen molar-refractivity contribution in [3.63, 3.8) is 0 Å². The molecule has 1 aliphatic rings. The third kappa shape index (κ3) is 3.95. The van der Waals surface area contributed by atoms with Crippen LogP contribution in [0, 0.1) is 13.8 Å². The minimum Gasteiger partial charge on any atom is -0.320 e. The van der Waals surface area contributed by atoms with Crippen LogP contribution in [0.15, 0.2) is 18.2 Å². The summed E-state index contributed by atoms with van der Waals surface area (Å²) in [7, 11) is 0. The van der Waals surface area contributed by atoms with Gasteiger partial charge in [0.25, 0.3) is 5.91 Å². The monoisotopic (exact) mass is 317 g/mol. The number of nitrogens with zero attached hydrogens (tertiary/aromatic N) is 1. The molecule has 1 atom stereocenters. The molecule has 1 heterocycles. The zero-order valence-corrected chi connectivity index (χ0v) is 15.3. The second-order valence-electron chi connectivity index (χ2n) is 7.13. The molecule has 0 bridgehead atoms. The fourth-order valence-corrected chi connectivity index (χ4v) is 4.32. The number of carbonyl (C=O) groups excluding carboxylic acids is 1. The molecule has 0 aromatic heterocycles. The summed E-state index contributed by atoms with van der Waals surface area (Å²) in [6.07, 6.45) is 5.89. The Morgan fingerprint density at radius 1 is 1.13 bits per heavy atom. The number of aryl methyl sites for hydroxylation is 2. The predicted molar refractivity (Wildman–Crippen MR) is 97.6 cm³/mol. The molecule has 1 aliphatic heterocycles. The van der Waals surface area contributed by atoms with E-state index in [0.29, 0.717) is 0 Å². The van der Waals surface area contributed by atoms with Crippen LogP contribution >= 0.6 is 0 Å². The van der Waals surface area contributed by atoms with Crippen molar-refractivity contribution < 1.29 is 9.28 Å². The summed E-state index contributed by atoms with van der Waals surface area (Å²) in [6, 6.07) is 6.27. The molecule has 1 aromatic carbocycles. The first-order chi connectivity index (χ1) is 11.0. The van der Waals surface area contributed by atoms with Crippen molar-refractivity contribution in [2.75, 3.05) is 25.0 Å². The van der Waals surface area contributed by atoms with E-state index < -0.39 is 0 Å². The van der Waals surface area contributed by atoms with Crippen LogP contribution in [0.4, 0.5) is 5.69 Å². The van der Waals surface area contributed by atoms with Gasteiger partial charge in [0, 0.05) is 12.1 Å². The van der Waals surface area contributed by atoms with Crippen LogP contribution in [0.3, 0.4) is 0 Å². The van der Waals surface area contributed by atoms with Gasteiger partial charge in [0.05, 0.1) is 19.6 Å². The maximum Gasteiger partial charge on any atom is 0.282 e. The van der Waals surface area contributed by atoms with Gasteiger partial charge in [-0.05, 0) is 50.7 Å².